The summed E-state index contributed by atoms with van der Waals surface area (Å²) in [6.07, 6.45) is 1.27. The molecule has 2 rings (SSSR count). The molecule has 1 atom stereocenters. The van der Waals surface area contributed by atoms with Crippen LogP contribution < -0.4 is 5.32 Å². The molecule has 0 aliphatic heterocycles. The molecule has 2 aromatic carbocycles. The molecule has 146 valence electrons. The smallest absolute Gasteiger partial charge is 0.220 e. The van der Waals surface area contributed by atoms with Gasteiger partial charge < -0.3 is 15.3 Å². The second kappa shape index (κ2) is 9.05. The fourth-order valence-electron chi connectivity index (χ4n) is 3.24. The highest BCUT2D eigenvalue weighted by Gasteiger charge is 2.24. The molecule has 0 radical (unpaired) electrons. The number of hydrogen-bond donors (Lipinski definition) is 2. The molecule has 4 nitrogen and oxygen atoms in total. The number of amides is 1. The second-order valence-corrected chi connectivity index (χ2v) is 8.17. The summed E-state index contributed by atoms with van der Waals surface area (Å²) < 4.78 is 0. The van der Waals surface area contributed by atoms with E-state index in [9.17, 15) is 9.90 Å². The van der Waals surface area contributed by atoms with Crippen LogP contribution in [0.3, 0.4) is 0 Å². The van der Waals surface area contributed by atoms with Gasteiger partial charge in [-0.05, 0) is 55.6 Å². The molecule has 0 bridgehead atoms. The number of rotatable bonds is 8. The van der Waals surface area contributed by atoms with E-state index in [1.807, 2.05) is 51.4 Å². The zero-order chi connectivity index (χ0) is 20.0. The number of likely N-dealkylation sites (N-methyl/N-ethyl adjacent to an activating group) is 1. The molecule has 0 spiro atoms. The molecule has 0 saturated carbocycles. The van der Waals surface area contributed by atoms with E-state index in [-0.39, 0.29) is 17.4 Å². The van der Waals surface area contributed by atoms with Crippen LogP contribution in [0.4, 0.5) is 0 Å². The van der Waals surface area contributed by atoms with Crippen molar-refractivity contribution in [2.75, 3.05) is 20.6 Å². The number of aromatic hydroxyl groups is 1. The van der Waals surface area contributed by atoms with Gasteiger partial charge in [-0.15, -0.1) is 0 Å². The van der Waals surface area contributed by atoms with Crippen molar-refractivity contribution in [1.82, 2.24) is 10.2 Å². The lowest BCUT2D eigenvalue weighted by molar-refractivity contribution is -0.122. The van der Waals surface area contributed by atoms with Crippen LogP contribution in [0.25, 0.3) is 0 Å². The normalized spacial score (nSPS) is 12.8. The van der Waals surface area contributed by atoms with Gasteiger partial charge in [0.05, 0.1) is 0 Å². The van der Waals surface area contributed by atoms with Gasteiger partial charge in [-0.2, -0.15) is 0 Å². The highest BCUT2D eigenvalue weighted by molar-refractivity contribution is 5.77. The zero-order valence-electron chi connectivity index (χ0n) is 17.1. The standard InChI is InChI=1S/C23H32N2O2/c1-17-13-18(11-12-21(17)26)14-20(25(4)5)16-24-22(27)15-23(2,3)19-9-7-6-8-10-19/h6-13,20,26H,14-16H2,1-5H3,(H,24,27)/t20-/m0/s1. The minimum atomic E-state index is -0.201. The third kappa shape index (κ3) is 6.10. The maximum absolute atomic E-state index is 12.5. The molecular formula is C23H32N2O2. The third-order valence-electron chi connectivity index (χ3n) is 5.16. The Morgan fingerprint density at radius 1 is 1.15 bits per heavy atom. The van der Waals surface area contributed by atoms with Crippen LogP contribution in [0, 0.1) is 6.92 Å². The molecule has 0 heterocycles. The predicted octanol–water partition coefficient (Wildman–Crippen LogP) is 3.66. The quantitative estimate of drug-likeness (QED) is 0.748. The van der Waals surface area contributed by atoms with Gasteiger partial charge in [-0.1, -0.05) is 56.3 Å². The summed E-state index contributed by atoms with van der Waals surface area (Å²) in [6.45, 7) is 6.70. The van der Waals surface area contributed by atoms with E-state index in [0.717, 1.165) is 17.5 Å². The highest BCUT2D eigenvalue weighted by atomic mass is 16.3. The molecule has 0 aliphatic rings. The van der Waals surface area contributed by atoms with Gasteiger partial charge in [0.1, 0.15) is 5.75 Å². The number of benzene rings is 2. The Kier molecular flexibility index (Phi) is 7.03. The Balaban J connectivity index is 1.95. The van der Waals surface area contributed by atoms with Crippen molar-refractivity contribution in [2.45, 2.75) is 45.1 Å². The first kappa shape index (κ1) is 21.0. The second-order valence-electron chi connectivity index (χ2n) is 8.17. The maximum Gasteiger partial charge on any atom is 0.220 e. The molecule has 0 aliphatic carbocycles. The van der Waals surface area contributed by atoms with Crippen molar-refractivity contribution in [3.8, 4) is 5.75 Å². The number of carbonyl (C=O) groups excluding carboxylic acids is 1. The van der Waals surface area contributed by atoms with E-state index in [4.69, 9.17) is 0 Å². The number of nitrogens with one attached hydrogen (secondary N) is 1. The van der Waals surface area contributed by atoms with Crippen molar-refractivity contribution in [3.05, 3.63) is 65.2 Å². The van der Waals surface area contributed by atoms with Gasteiger partial charge in [0, 0.05) is 19.0 Å². The Morgan fingerprint density at radius 2 is 1.81 bits per heavy atom. The fraction of sp³-hybridized carbons (Fsp3) is 0.435. The van der Waals surface area contributed by atoms with Crippen molar-refractivity contribution in [3.63, 3.8) is 0 Å². The van der Waals surface area contributed by atoms with Crippen LogP contribution in [0.15, 0.2) is 48.5 Å². The molecule has 1 amide bonds. The van der Waals surface area contributed by atoms with Gasteiger partial charge >= 0.3 is 0 Å². The lowest BCUT2D eigenvalue weighted by Crippen LogP contribution is -2.42. The minimum Gasteiger partial charge on any atom is -0.508 e. The first-order valence-corrected chi connectivity index (χ1v) is 9.46. The maximum atomic E-state index is 12.5. The molecule has 0 aromatic heterocycles. The van der Waals surface area contributed by atoms with E-state index in [1.165, 1.54) is 5.56 Å². The predicted molar refractivity (Wildman–Crippen MR) is 111 cm³/mol. The van der Waals surface area contributed by atoms with Crippen LogP contribution >= 0.6 is 0 Å². The van der Waals surface area contributed by atoms with Gasteiger partial charge in [0.2, 0.25) is 5.91 Å². The summed E-state index contributed by atoms with van der Waals surface area (Å²) >= 11 is 0. The minimum absolute atomic E-state index is 0.0672. The van der Waals surface area contributed by atoms with E-state index in [0.29, 0.717) is 18.7 Å². The third-order valence-corrected chi connectivity index (χ3v) is 5.16. The molecule has 2 N–H and O–H groups in total. The summed E-state index contributed by atoms with van der Waals surface area (Å²) in [5, 5.41) is 12.8. The SMILES string of the molecule is Cc1cc(C[C@@H](CNC(=O)CC(C)(C)c2ccccc2)N(C)C)ccc1O. The summed E-state index contributed by atoms with van der Waals surface area (Å²) in [5.74, 6) is 0.384. The van der Waals surface area contributed by atoms with E-state index in [1.54, 1.807) is 6.07 Å². The summed E-state index contributed by atoms with van der Waals surface area (Å²) in [4.78, 5) is 14.7. The zero-order valence-corrected chi connectivity index (χ0v) is 17.1. The average Bonchev–Trinajstić information content (AvgIpc) is 2.61. The number of phenolic OH excluding ortho intramolecular Hbond substituents is 1. The fourth-order valence-corrected chi connectivity index (χ4v) is 3.24. The van der Waals surface area contributed by atoms with Crippen LogP contribution in [0.2, 0.25) is 0 Å². The number of aryl methyl sites for hydroxylation is 1. The Hall–Kier alpha value is -2.33. The van der Waals surface area contributed by atoms with Crippen molar-refractivity contribution in [1.29, 1.82) is 0 Å². The molecule has 0 unspecified atom stereocenters. The number of hydrogen-bond acceptors (Lipinski definition) is 3. The van der Waals surface area contributed by atoms with Crippen LogP contribution in [-0.4, -0.2) is 42.6 Å². The average molecular weight is 369 g/mol. The van der Waals surface area contributed by atoms with Gasteiger partial charge in [-0.3, -0.25) is 4.79 Å². The first-order chi connectivity index (χ1) is 12.7. The topological polar surface area (TPSA) is 52.6 Å². The monoisotopic (exact) mass is 368 g/mol. The van der Waals surface area contributed by atoms with E-state index < -0.39 is 0 Å². The van der Waals surface area contributed by atoms with Crippen LogP contribution in [0.5, 0.6) is 5.75 Å². The molecule has 2 aromatic rings. The summed E-state index contributed by atoms with van der Waals surface area (Å²) in [5.41, 5.74) is 3.00. The molecule has 4 heteroatoms. The van der Waals surface area contributed by atoms with Crippen LogP contribution in [-0.2, 0) is 16.6 Å². The summed E-state index contributed by atoms with van der Waals surface area (Å²) in [6, 6.07) is 16.0. The van der Waals surface area contributed by atoms with Gasteiger partial charge in [-0.25, -0.2) is 0 Å². The Bertz CT molecular complexity index is 754. The molecule has 0 saturated heterocycles. The van der Waals surface area contributed by atoms with Crippen molar-refractivity contribution >= 4 is 5.91 Å². The number of nitrogens with zero attached hydrogens (tertiary/aromatic N) is 1. The number of carbonyl (C=O) groups is 1. The van der Waals surface area contributed by atoms with Gasteiger partial charge in [0.15, 0.2) is 0 Å². The van der Waals surface area contributed by atoms with Crippen molar-refractivity contribution in [2.24, 2.45) is 0 Å². The Labute approximate surface area is 163 Å². The molecular weight excluding hydrogens is 336 g/mol. The van der Waals surface area contributed by atoms with E-state index >= 15 is 0 Å². The summed E-state index contributed by atoms with van der Waals surface area (Å²) in [7, 11) is 4.05. The van der Waals surface area contributed by atoms with E-state index in [2.05, 4.69) is 36.2 Å². The lowest BCUT2D eigenvalue weighted by Gasteiger charge is -2.27. The van der Waals surface area contributed by atoms with Crippen molar-refractivity contribution < 1.29 is 9.90 Å². The first-order valence-electron chi connectivity index (χ1n) is 9.46. The van der Waals surface area contributed by atoms with Gasteiger partial charge in [0.25, 0.3) is 0 Å². The van der Waals surface area contributed by atoms with Crippen LogP contribution in [0.1, 0.15) is 37.0 Å². The highest BCUT2D eigenvalue weighted by Crippen LogP contribution is 2.26. The lowest BCUT2D eigenvalue weighted by atomic mass is 9.81. The number of phenols is 1. The molecule has 0 fully saturated rings. The molecule has 27 heavy (non-hydrogen) atoms. The largest absolute Gasteiger partial charge is 0.508 e. The Morgan fingerprint density at radius 3 is 2.41 bits per heavy atom.